The minimum Gasteiger partial charge on any atom is -0.456 e. The van der Waals surface area contributed by atoms with Gasteiger partial charge in [-0.05, 0) is 69.1 Å². The molecule has 0 N–H and O–H groups in total. The van der Waals surface area contributed by atoms with Crippen LogP contribution in [0.2, 0.25) is 0 Å². The summed E-state index contributed by atoms with van der Waals surface area (Å²) in [5, 5.41) is 6.89. The van der Waals surface area contributed by atoms with Gasteiger partial charge in [-0.2, -0.15) is 0 Å². The number of hydrogen-bond donors (Lipinski definition) is 0. The van der Waals surface area contributed by atoms with Crippen molar-refractivity contribution in [1.29, 1.82) is 0 Å². The SMILES string of the molecule is c1ccc(-c2nc(-c3ccccc3)nc(-c3ccc4oc5cc6ccc(-c7cccc8ccccc78)cc6cc5c4c3)n2)cc1. The van der Waals surface area contributed by atoms with Crippen molar-refractivity contribution in [2.24, 2.45) is 0 Å². The number of fused-ring (bicyclic) bond motifs is 5. The quantitative estimate of drug-likeness (QED) is 0.209. The molecule has 0 radical (unpaired) electrons. The van der Waals surface area contributed by atoms with Crippen LogP contribution in [-0.2, 0) is 0 Å². The number of hydrogen-bond acceptors (Lipinski definition) is 4. The van der Waals surface area contributed by atoms with Crippen molar-refractivity contribution in [2.45, 2.75) is 0 Å². The van der Waals surface area contributed by atoms with E-state index in [2.05, 4.69) is 78.9 Å². The summed E-state index contributed by atoms with van der Waals surface area (Å²) in [6, 6.07) is 52.4. The van der Waals surface area contributed by atoms with Crippen molar-refractivity contribution in [3.05, 3.63) is 152 Å². The molecule has 0 amide bonds. The van der Waals surface area contributed by atoms with Crippen LogP contribution >= 0.6 is 0 Å². The van der Waals surface area contributed by atoms with E-state index in [-0.39, 0.29) is 0 Å². The highest BCUT2D eigenvalue weighted by Gasteiger charge is 2.15. The van der Waals surface area contributed by atoms with E-state index in [1.54, 1.807) is 0 Å². The van der Waals surface area contributed by atoms with Gasteiger partial charge in [-0.1, -0.05) is 115 Å². The number of furan rings is 1. The summed E-state index contributed by atoms with van der Waals surface area (Å²) in [5.74, 6) is 1.91. The minimum atomic E-state index is 0.623. The van der Waals surface area contributed by atoms with Gasteiger partial charge < -0.3 is 4.42 Å². The van der Waals surface area contributed by atoms with Gasteiger partial charge >= 0.3 is 0 Å². The second kappa shape index (κ2) is 10.2. The van der Waals surface area contributed by atoms with Gasteiger partial charge in [0.05, 0.1) is 0 Å². The predicted octanol–water partition coefficient (Wildman–Crippen LogP) is 10.7. The molecule has 210 valence electrons. The highest BCUT2D eigenvalue weighted by atomic mass is 16.3. The Bertz CT molecular complexity index is 2470. The average molecular weight is 576 g/mol. The first-order valence-electron chi connectivity index (χ1n) is 15.0. The van der Waals surface area contributed by atoms with Gasteiger partial charge in [-0.3, -0.25) is 0 Å². The molecule has 0 spiro atoms. The molecule has 0 unspecified atom stereocenters. The van der Waals surface area contributed by atoms with Crippen LogP contribution in [0.4, 0.5) is 0 Å². The van der Waals surface area contributed by atoms with Crippen LogP contribution < -0.4 is 0 Å². The van der Waals surface area contributed by atoms with Crippen LogP contribution in [0, 0.1) is 0 Å². The van der Waals surface area contributed by atoms with Gasteiger partial charge in [0, 0.05) is 27.5 Å². The van der Waals surface area contributed by atoms with Crippen LogP contribution in [-0.4, -0.2) is 15.0 Å². The first kappa shape index (κ1) is 25.4. The molecule has 2 aromatic heterocycles. The van der Waals surface area contributed by atoms with E-state index in [1.807, 2.05) is 72.8 Å². The van der Waals surface area contributed by atoms with Crippen molar-refractivity contribution in [1.82, 2.24) is 15.0 Å². The summed E-state index contributed by atoms with van der Waals surface area (Å²) in [7, 11) is 0. The van der Waals surface area contributed by atoms with E-state index >= 15 is 0 Å². The van der Waals surface area contributed by atoms with Crippen molar-refractivity contribution >= 4 is 43.5 Å². The fraction of sp³-hybridized carbons (Fsp3) is 0. The van der Waals surface area contributed by atoms with E-state index in [4.69, 9.17) is 19.4 Å². The number of rotatable bonds is 4. The minimum absolute atomic E-state index is 0.623. The standard InChI is InChI=1S/C41H25N3O/c1-3-11-27(12-4-1)39-42-40(28-13-5-2-6-14-28)44-41(43-39)31-20-21-37-35(23-31)36-24-32-22-30(19-18-29(32)25-38(36)45-37)34-17-9-15-26-10-7-8-16-33(26)34/h1-25H. The first-order valence-corrected chi connectivity index (χ1v) is 15.0. The summed E-state index contributed by atoms with van der Waals surface area (Å²) < 4.78 is 6.36. The molecular weight excluding hydrogens is 550 g/mol. The van der Waals surface area contributed by atoms with Crippen LogP contribution in [0.5, 0.6) is 0 Å². The molecule has 0 aliphatic carbocycles. The Labute approximate surface area is 259 Å². The molecule has 7 aromatic carbocycles. The van der Waals surface area contributed by atoms with Gasteiger partial charge in [0.2, 0.25) is 0 Å². The van der Waals surface area contributed by atoms with Gasteiger partial charge in [0.25, 0.3) is 0 Å². The van der Waals surface area contributed by atoms with Crippen LogP contribution in [0.15, 0.2) is 156 Å². The molecule has 45 heavy (non-hydrogen) atoms. The van der Waals surface area contributed by atoms with E-state index < -0.39 is 0 Å². The highest BCUT2D eigenvalue weighted by Crippen LogP contribution is 2.37. The fourth-order valence-electron chi connectivity index (χ4n) is 6.24. The Morgan fingerprint density at radius 1 is 0.333 bits per heavy atom. The average Bonchev–Trinajstić information content (AvgIpc) is 3.47. The van der Waals surface area contributed by atoms with E-state index in [9.17, 15) is 0 Å². The molecule has 4 heteroatoms. The van der Waals surface area contributed by atoms with Gasteiger partial charge in [0.1, 0.15) is 11.2 Å². The molecule has 9 aromatic rings. The van der Waals surface area contributed by atoms with E-state index in [0.29, 0.717) is 17.5 Å². The van der Waals surface area contributed by atoms with E-state index in [1.165, 1.54) is 27.3 Å². The predicted molar refractivity (Wildman–Crippen MR) is 184 cm³/mol. The van der Waals surface area contributed by atoms with Crippen molar-refractivity contribution in [3.8, 4) is 45.3 Å². The molecule has 0 aliphatic rings. The van der Waals surface area contributed by atoms with Crippen molar-refractivity contribution < 1.29 is 4.42 Å². The molecule has 0 aliphatic heterocycles. The maximum Gasteiger partial charge on any atom is 0.164 e. The molecule has 2 heterocycles. The lowest BCUT2D eigenvalue weighted by molar-refractivity contribution is 0.669. The Morgan fingerprint density at radius 3 is 1.71 bits per heavy atom. The Balaban J connectivity index is 1.21. The topological polar surface area (TPSA) is 51.8 Å². The van der Waals surface area contributed by atoms with Crippen molar-refractivity contribution in [3.63, 3.8) is 0 Å². The molecule has 0 saturated heterocycles. The van der Waals surface area contributed by atoms with Crippen LogP contribution in [0.25, 0.3) is 88.8 Å². The lowest BCUT2D eigenvalue weighted by Gasteiger charge is -2.09. The summed E-state index contributed by atoms with van der Waals surface area (Å²) in [4.78, 5) is 14.7. The maximum atomic E-state index is 6.36. The van der Waals surface area contributed by atoms with Crippen LogP contribution in [0.3, 0.4) is 0 Å². The zero-order valence-electron chi connectivity index (χ0n) is 24.2. The van der Waals surface area contributed by atoms with Gasteiger partial charge in [0.15, 0.2) is 17.5 Å². The molecule has 0 bridgehead atoms. The summed E-state index contributed by atoms with van der Waals surface area (Å²) >= 11 is 0. The highest BCUT2D eigenvalue weighted by molar-refractivity contribution is 6.11. The molecule has 4 nitrogen and oxygen atoms in total. The van der Waals surface area contributed by atoms with E-state index in [0.717, 1.165) is 44.0 Å². The fourth-order valence-corrected chi connectivity index (χ4v) is 6.24. The van der Waals surface area contributed by atoms with Gasteiger partial charge in [-0.25, -0.2) is 15.0 Å². The lowest BCUT2D eigenvalue weighted by atomic mass is 9.95. The zero-order chi connectivity index (χ0) is 29.7. The van der Waals surface area contributed by atoms with Gasteiger partial charge in [-0.15, -0.1) is 0 Å². The third-order valence-corrected chi connectivity index (χ3v) is 8.49. The molecule has 0 fully saturated rings. The maximum absolute atomic E-state index is 6.36. The van der Waals surface area contributed by atoms with Crippen LogP contribution in [0.1, 0.15) is 0 Å². The zero-order valence-corrected chi connectivity index (χ0v) is 24.2. The third kappa shape index (κ3) is 4.43. The lowest BCUT2D eigenvalue weighted by Crippen LogP contribution is -2.00. The number of aromatic nitrogens is 3. The smallest absolute Gasteiger partial charge is 0.164 e. The summed E-state index contributed by atoms with van der Waals surface area (Å²) in [5.41, 5.74) is 6.92. The Kier molecular flexibility index (Phi) is 5.78. The molecule has 0 saturated carbocycles. The second-order valence-electron chi connectivity index (χ2n) is 11.3. The molecule has 0 atom stereocenters. The summed E-state index contributed by atoms with van der Waals surface area (Å²) in [6.07, 6.45) is 0. The van der Waals surface area contributed by atoms with Crippen molar-refractivity contribution in [2.75, 3.05) is 0 Å². The molecular formula is C41H25N3O. The number of nitrogens with zero attached hydrogens (tertiary/aromatic N) is 3. The summed E-state index contributed by atoms with van der Waals surface area (Å²) in [6.45, 7) is 0. The second-order valence-corrected chi connectivity index (χ2v) is 11.3. The third-order valence-electron chi connectivity index (χ3n) is 8.49. The largest absolute Gasteiger partial charge is 0.456 e. The number of benzene rings is 7. The Morgan fingerprint density at radius 2 is 0.956 bits per heavy atom. The Hall–Kier alpha value is -6.13. The monoisotopic (exact) mass is 575 g/mol. The normalized spacial score (nSPS) is 11.6. The molecule has 9 rings (SSSR count). The first-order chi connectivity index (χ1) is 22.3.